The van der Waals surface area contributed by atoms with Crippen LogP contribution in [0.4, 0.5) is 5.82 Å². The summed E-state index contributed by atoms with van der Waals surface area (Å²) in [6.45, 7) is 2.60. The number of aryl methyl sites for hydroxylation is 1. The summed E-state index contributed by atoms with van der Waals surface area (Å²) < 4.78 is 6.70. The summed E-state index contributed by atoms with van der Waals surface area (Å²) in [5.41, 5.74) is 7.86. The fraction of sp³-hybridized carbons (Fsp3) is 0.222. The zero-order valence-electron chi connectivity index (χ0n) is 7.40. The van der Waals surface area contributed by atoms with Gasteiger partial charge in [0.05, 0.1) is 25.3 Å². The molecule has 13 heavy (non-hydrogen) atoms. The second-order valence-corrected chi connectivity index (χ2v) is 3.00. The number of nitrogens with zero attached hydrogens (tertiary/aromatic N) is 2. The van der Waals surface area contributed by atoms with Gasteiger partial charge in [0.2, 0.25) is 0 Å². The number of rotatable bonds is 2. The van der Waals surface area contributed by atoms with Crippen LogP contribution in [0.2, 0.25) is 0 Å². The number of aromatic nitrogens is 2. The molecule has 4 nitrogen and oxygen atoms in total. The summed E-state index contributed by atoms with van der Waals surface area (Å²) >= 11 is 0. The Bertz CT molecular complexity index is 389. The molecule has 4 heteroatoms. The average molecular weight is 177 g/mol. The predicted molar refractivity (Wildman–Crippen MR) is 49.2 cm³/mol. The van der Waals surface area contributed by atoms with Crippen molar-refractivity contribution in [2.45, 2.75) is 13.5 Å². The molecule has 0 unspecified atom stereocenters. The Morgan fingerprint density at radius 2 is 2.46 bits per heavy atom. The Morgan fingerprint density at radius 3 is 3.00 bits per heavy atom. The van der Waals surface area contributed by atoms with Crippen LogP contribution >= 0.6 is 0 Å². The first-order valence-corrected chi connectivity index (χ1v) is 4.06. The lowest BCUT2D eigenvalue weighted by atomic mass is 10.3. The zero-order chi connectivity index (χ0) is 9.26. The Kier molecular flexibility index (Phi) is 1.81. The van der Waals surface area contributed by atoms with Gasteiger partial charge in [-0.15, -0.1) is 0 Å². The van der Waals surface area contributed by atoms with Crippen molar-refractivity contribution in [3.63, 3.8) is 0 Å². The number of nitrogens with two attached hydrogens (primary N) is 1. The van der Waals surface area contributed by atoms with Crippen LogP contribution in [0.1, 0.15) is 11.1 Å². The molecule has 0 aliphatic heterocycles. The van der Waals surface area contributed by atoms with Crippen molar-refractivity contribution >= 4 is 5.82 Å². The second kappa shape index (κ2) is 2.97. The molecule has 2 rings (SSSR count). The largest absolute Gasteiger partial charge is 0.472 e. The predicted octanol–water partition coefficient (Wildman–Crippen LogP) is 1.42. The van der Waals surface area contributed by atoms with E-state index < -0.39 is 0 Å². The summed E-state index contributed by atoms with van der Waals surface area (Å²) in [4.78, 5) is 0. The molecule has 2 aromatic rings. The topological polar surface area (TPSA) is 57.0 Å². The van der Waals surface area contributed by atoms with E-state index in [1.807, 2.05) is 13.0 Å². The number of anilines is 1. The SMILES string of the molecule is Cc1cnn(Cc2ccoc2)c1N. The maximum atomic E-state index is 5.79. The van der Waals surface area contributed by atoms with Gasteiger partial charge in [0.1, 0.15) is 5.82 Å². The van der Waals surface area contributed by atoms with Crippen LogP contribution in [0, 0.1) is 6.92 Å². The van der Waals surface area contributed by atoms with Gasteiger partial charge in [0.15, 0.2) is 0 Å². The standard InChI is InChI=1S/C9H11N3O/c1-7-4-11-12(9(7)10)5-8-2-3-13-6-8/h2-4,6H,5,10H2,1H3. The molecule has 0 saturated carbocycles. The molecule has 68 valence electrons. The highest BCUT2D eigenvalue weighted by molar-refractivity contribution is 5.37. The van der Waals surface area contributed by atoms with E-state index in [4.69, 9.17) is 10.2 Å². The normalized spacial score (nSPS) is 10.5. The molecule has 0 aliphatic rings. The first kappa shape index (κ1) is 7.91. The van der Waals surface area contributed by atoms with E-state index in [1.165, 1.54) is 0 Å². The van der Waals surface area contributed by atoms with Crippen LogP contribution in [-0.4, -0.2) is 9.78 Å². The van der Waals surface area contributed by atoms with Gasteiger partial charge in [-0.1, -0.05) is 0 Å². The number of hydrogen-bond donors (Lipinski definition) is 1. The second-order valence-electron chi connectivity index (χ2n) is 3.00. The smallest absolute Gasteiger partial charge is 0.124 e. The van der Waals surface area contributed by atoms with Gasteiger partial charge in [-0.3, -0.25) is 0 Å². The zero-order valence-corrected chi connectivity index (χ0v) is 7.40. The summed E-state index contributed by atoms with van der Waals surface area (Å²) in [6.07, 6.45) is 5.09. The molecule has 0 fully saturated rings. The highest BCUT2D eigenvalue weighted by Gasteiger charge is 2.03. The van der Waals surface area contributed by atoms with Gasteiger partial charge in [-0.05, 0) is 13.0 Å². The molecule has 0 atom stereocenters. The van der Waals surface area contributed by atoms with Crippen LogP contribution in [0.3, 0.4) is 0 Å². The van der Waals surface area contributed by atoms with Crippen LogP contribution in [0.5, 0.6) is 0 Å². The van der Waals surface area contributed by atoms with Crippen molar-refractivity contribution in [3.8, 4) is 0 Å². The van der Waals surface area contributed by atoms with E-state index in [-0.39, 0.29) is 0 Å². The Hall–Kier alpha value is -1.71. The summed E-state index contributed by atoms with van der Waals surface area (Å²) in [5, 5.41) is 4.14. The lowest BCUT2D eigenvalue weighted by Crippen LogP contribution is -2.05. The number of nitrogen functional groups attached to an aromatic ring is 1. The minimum Gasteiger partial charge on any atom is -0.472 e. The monoisotopic (exact) mass is 177 g/mol. The van der Waals surface area contributed by atoms with E-state index in [9.17, 15) is 0 Å². The third-order valence-electron chi connectivity index (χ3n) is 1.99. The molecule has 0 bridgehead atoms. The van der Waals surface area contributed by atoms with E-state index in [1.54, 1.807) is 23.4 Å². The number of hydrogen-bond acceptors (Lipinski definition) is 3. The van der Waals surface area contributed by atoms with E-state index >= 15 is 0 Å². The van der Waals surface area contributed by atoms with Crippen molar-refractivity contribution in [1.29, 1.82) is 0 Å². The van der Waals surface area contributed by atoms with Crippen molar-refractivity contribution in [2.24, 2.45) is 0 Å². The summed E-state index contributed by atoms with van der Waals surface area (Å²) in [7, 11) is 0. The fourth-order valence-electron chi connectivity index (χ4n) is 1.17. The first-order chi connectivity index (χ1) is 6.27. The molecule has 2 N–H and O–H groups in total. The lowest BCUT2D eigenvalue weighted by molar-refractivity contribution is 0.560. The molecular formula is C9H11N3O. The van der Waals surface area contributed by atoms with E-state index in [0.717, 1.165) is 11.1 Å². The molecule has 2 aromatic heterocycles. The fourth-order valence-corrected chi connectivity index (χ4v) is 1.17. The van der Waals surface area contributed by atoms with Gasteiger partial charge in [-0.2, -0.15) is 5.10 Å². The maximum absolute atomic E-state index is 5.79. The van der Waals surface area contributed by atoms with Crippen LogP contribution in [0.15, 0.2) is 29.2 Å². The highest BCUT2D eigenvalue weighted by atomic mass is 16.3. The van der Waals surface area contributed by atoms with Crippen LogP contribution in [-0.2, 0) is 6.54 Å². The summed E-state index contributed by atoms with van der Waals surface area (Å²) in [5.74, 6) is 0.709. The maximum Gasteiger partial charge on any atom is 0.124 e. The molecule has 0 saturated heterocycles. The van der Waals surface area contributed by atoms with Gasteiger partial charge in [0, 0.05) is 11.1 Å². The molecule has 0 amide bonds. The Balaban J connectivity index is 2.24. The number of furan rings is 1. The van der Waals surface area contributed by atoms with Crippen molar-refractivity contribution in [3.05, 3.63) is 35.9 Å². The molecular weight excluding hydrogens is 166 g/mol. The molecule has 0 aromatic carbocycles. The van der Waals surface area contributed by atoms with Crippen molar-refractivity contribution in [1.82, 2.24) is 9.78 Å². The van der Waals surface area contributed by atoms with Gasteiger partial charge in [0.25, 0.3) is 0 Å². The Labute approximate surface area is 76.0 Å². The van der Waals surface area contributed by atoms with Crippen LogP contribution < -0.4 is 5.73 Å². The molecule has 2 heterocycles. The minimum absolute atomic E-state index is 0.663. The van der Waals surface area contributed by atoms with Gasteiger partial charge < -0.3 is 10.2 Å². The molecule has 0 radical (unpaired) electrons. The van der Waals surface area contributed by atoms with Gasteiger partial charge in [-0.25, -0.2) is 4.68 Å². The van der Waals surface area contributed by atoms with Gasteiger partial charge >= 0.3 is 0 Å². The molecule has 0 aliphatic carbocycles. The van der Waals surface area contributed by atoms with E-state index in [0.29, 0.717) is 12.4 Å². The van der Waals surface area contributed by atoms with E-state index in [2.05, 4.69) is 5.10 Å². The third kappa shape index (κ3) is 1.42. The van der Waals surface area contributed by atoms with Crippen LogP contribution in [0.25, 0.3) is 0 Å². The Morgan fingerprint density at radius 1 is 1.62 bits per heavy atom. The highest BCUT2D eigenvalue weighted by Crippen LogP contribution is 2.11. The molecule has 0 spiro atoms. The quantitative estimate of drug-likeness (QED) is 0.754. The first-order valence-electron chi connectivity index (χ1n) is 4.06. The van der Waals surface area contributed by atoms with Crippen molar-refractivity contribution in [2.75, 3.05) is 5.73 Å². The summed E-state index contributed by atoms with van der Waals surface area (Å²) in [6, 6.07) is 1.90. The van der Waals surface area contributed by atoms with Crippen molar-refractivity contribution < 1.29 is 4.42 Å². The third-order valence-corrected chi connectivity index (χ3v) is 1.99. The lowest BCUT2D eigenvalue weighted by Gasteiger charge is -2.01. The minimum atomic E-state index is 0.663. The average Bonchev–Trinajstić information content (AvgIpc) is 2.71.